The minimum atomic E-state index is -1.21. The summed E-state index contributed by atoms with van der Waals surface area (Å²) in [5.41, 5.74) is 4.19. The van der Waals surface area contributed by atoms with E-state index >= 15 is 0 Å². The number of anilines is 2. The maximum atomic E-state index is 13.5. The standard InChI is InChI=1S/C31H23N3O5S/c35-27(17-18-28(36)37)32-23-9-6-10-24(19-23)40-29(20-7-2-1-3-8-20)30(38)33-22-15-13-21(14-16-22)31-34-25-11-4-5-12-26(25)39-31/h1-19,29H,(H,32,35)(H,33,38)(H,36,37)/b18-17+. The number of carbonyl (C=O) groups is 3. The number of rotatable bonds is 9. The Morgan fingerprint density at radius 3 is 2.30 bits per heavy atom. The van der Waals surface area contributed by atoms with Crippen LogP contribution in [0.5, 0.6) is 0 Å². The lowest BCUT2D eigenvalue weighted by molar-refractivity contribution is -0.131. The third-order valence-corrected chi connectivity index (χ3v) is 7.01. The third-order valence-electron chi connectivity index (χ3n) is 5.77. The van der Waals surface area contributed by atoms with Crippen molar-refractivity contribution in [2.75, 3.05) is 10.6 Å². The van der Waals surface area contributed by atoms with E-state index < -0.39 is 17.1 Å². The molecule has 0 radical (unpaired) electrons. The van der Waals surface area contributed by atoms with Crippen LogP contribution in [0.4, 0.5) is 11.4 Å². The van der Waals surface area contributed by atoms with E-state index in [-0.39, 0.29) is 5.91 Å². The molecular formula is C31H23N3O5S. The van der Waals surface area contributed by atoms with E-state index in [0.717, 1.165) is 33.7 Å². The Morgan fingerprint density at radius 1 is 0.800 bits per heavy atom. The van der Waals surface area contributed by atoms with Crippen molar-refractivity contribution in [2.24, 2.45) is 0 Å². The lowest BCUT2D eigenvalue weighted by atomic mass is 10.1. The second-order valence-corrected chi connectivity index (χ2v) is 9.83. The van der Waals surface area contributed by atoms with Crippen LogP contribution in [0.3, 0.4) is 0 Å². The van der Waals surface area contributed by atoms with E-state index in [4.69, 9.17) is 9.52 Å². The molecule has 3 N–H and O–H groups in total. The molecule has 0 bridgehead atoms. The zero-order valence-electron chi connectivity index (χ0n) is 21.0. The second kappa shape index (κ2) is 12.1. The van der Waals surface area contributed by atoms with Crippen LogP contribution in [0.25, 0.3) is 22.6 Å². The van der Waals surface area contributed by atoms with Crippen LogP contribution in [-0.2, 0) is 14.4 Å². The van der Waals surface area contributed by atoms with Gasteiger partial charge < -0.3 is 20.2 Å². The molecule has 1 aromatic heterocycles. The summed E-state index contributed by atoms with van der Waals surface area (Å²) >= 11 is 1.33. The van der Waals surface area contributed by atoms with Crippen LogP contribution in [-0.4, -0.2) is 27.9 Å². The number of amides is 2. The minimum Gasteiger partial charge on any atom is -0.478 e. The number of carboxylic acids is 1. The highest BCUT2D eigenvalue weighted by Crippen LogP contribution is 2.37. The number of oxazole rings is 1. The fraction of sp³-hybridized carbons (Fsp3) is 0.0323. The number of thioether (sulfide) groups is 1. The number of carbonyl (C=O) groups excluding carboxylic acids is 2. The zero-order chi connectivity index (χ0) is 27.9. The molecule has 5 aromatic rings. The van der Waals surface area contributed by atoms with Crippen molar-refractivity contribution >= 4 is 52.0 Å². The van der Waals surface area contributed by atoms with Crippen LogP contribution in [0, 0.1) is 0 Å². The SMILES string of the molecule is O=C(O)/C=C/C(=O)Nc1cccc(SC(C(=O)Nc2ccc(-c3nc4ccccc4o3)cc2)c2ccccc2)c1. The Morgan fingerprint density at radius 2 is 1.55 bits per heavy atom. The molecule has 40 heavy (non-hydrogen) atoms. The van der Waals surface area contributed by atoms with E-state index in [2.05, 4.69) is 15.6 Å². The van der Waals surface area contributed by atoms with Gasteiger partial charge >= 0.3 is 5.97 Å². The van der Waals surface area contributed by atoms with E-state index in [1.54, 1.807) is 30.3 Å². The Hall–Kier alpha value is -5.15. The molecule has 198 valence electrons. The molecule has 0 aliphatic heterocycles. The maximum Gasteiger partial charge on any atom is 0.328 e. The number of aromatic nitrogens is 1. The van der Waals surface area contributed by atoms with Gasteiger partial charge in [0.1, 0.15) is 10.8 Å². The largest absolute Gasteiger partial charge is 0.478 e. The van der Waals surface area contributed by atoms with E-state index in [9.17, 15) is 14.4 Å². The van der Waals surface area contributed by atoms with Crippen molar-refractivity contribution in [3.05, 3.63) is 121 Å². The number of hydrogen-bond acceptors (Lipinski definition) is 6. The first-order valence-corrected chi connectivity index (χ1v) is 13.1. The molecular weight excluding hydrogens is 526 g/mol. The van der Waals surface area contributed by atoms with Crippen molar-refractivity contribution in [3.8, 4) is 11.5 Å². The first-order valence-electron chi connectivity index (χ1n) is 12.3. The van der Waals surface area contributed by atoms with Crippen molar-refractivity contribution in [2.45, 2.75) is 10.1 Å². The van der Waals surface area contributed by atoms with Gasteiger partial charge in [0.2, 0.25) is 17.7 Å². The predicted molar refractivity (Wildman–Crippen MR) is 155 cm³/mol. The number of nitrogens with one attached hydrogen (secondary N) is 2. The van der Waals surface area contributed by atoms with Gasteiger partial charge in [0.25, 0.3) is 0 Å². The third kappa shape index (κ3) is 6.64. The van der Waals surface area contributed by atoms with Crippen molar-refractivity contribution in [3.63, 3.8) is 0 Å². The molecule has 4 aromatic carbocycles. The summed E-state index contributed by atoms with van der Waals surface area (Å²) in [5.74, 6) is -1.49. The quantitative estimate of drug-likeness (QED) is 0.141. The minimum absolute atomic E-state index is 0.218. The molecule has 0 spiro atoms. The lowest BCUT2D eigenvalue weighted by Gasteiger charge is -2.18. The number of benzene rings is 4. The van der Waals surface area contributed by atoms with Crippen LogP contribution in [0.2, 0.25) is 0 Å². The van der Waals surface area contributed by atoms with Gasteiger partial charge in [-0.25, -0.2) is 9.78 Å². The van der Waals surface area contributed by atoms with Gasteiger partial charge in [0.05, 0.1) is 0 Å². The number of para-hydroxylation sites is 2. The van der Waals surface area contributed by atoms with Gasteiger partial charge in [0.15, 0.2) is 5.58 Å². The molecule has 1 heterocycles. The number of fused-ring (bicyclic) bond motifs is 1. The summed E-state index contributed by atoms with van der Waals surface area (Å²) in [4.78, 5) is 41.4. The average Bonchev–Trinajstić information content (AvgIpc) is 3.40. The monoisotopic (exact) mass is 549 g/mol. The Balaban J connectivity index is 1.32. The van der Waals surface area contributed by atoms with Gasteiger partial charge in [-0.15, -0.1) is 11.8 Å². The van der Waals surface area contributed by atoms with Gasteiger partial charge in [-0.1, -0.05) is 48.5 Å². The van der Waals surface area contributed by atoms with Crippen LogP contribution in [0.15, 0.2) is 125 Å². The number of nitrogens with zero attached hydrogens (tertiary/aromatic N) is 1. The zero-order valence-corrected chi connectivity index (χ0v) is 21.8. The van der Waals surface area contributed by atoms with Gasteiger partial charge in [0, 0.05) is 34.0 Å². The van der Waals surface area contributed by atoms with Gasteiger partial charge in [-0.2, -0.15) is 0 Å². The fourth-order valence-electron chi connectivity index (χ4n) is 3.91. The summed E-state index contributed by atoms with van der Waals surface area (Å²) in [5, 5.41) is 13.8. The molecule has 8 nitrogen and oxygen atoms in total. The van der Waals surface area contributed by atoms with Crippen LogP contribution in [0.1, 0.15) is 10.8 Å². The Bertz CT molecular complexity index is 1660. The smallest absolute Gasteiger partial charge is 0.328 e. The summed E-state index contributed by atoms with van der Waals surface area (Å²) in [6, 6.07) is 31.2. The van der Waals surface area contributed by atoms with Gasteiger partial charge in [-0.3, -0.25) is 9.59 Å². The molecule has 0 aliphatic carbocycles. The molecule has 0 saturated heterocycles. The highest BCUT2D eigenvalue weighted by Gasteiger charge is 2.22. The highest BCUT2D eigenvalue weighted by molar-refractivity contribution is 8.00. The van der Waals surface area contributed by atoms with E-state index in [1.165, 1.54) is 11.8 Å². The van der Waals surface area contributed by atoms with Crippen molar-refractivity contribution in [1.82, 2.24) is 4.98 Å². The molecule has 2 amide bonds. The highest BCUT2D eigenvalue weighted by atomic mass is 32.2. The normalized spacial score (nSPS) is 11.8. The molecule has 5 rings (SSSR count). The second-order valence-electron chi connectivity index (χ2n) is 8.65. The van der Waals surface area contributed by atoms with E-state index in [1.807, 2.05) is 72.8 Å². The summed E-state index contributed by atoms with van der Waals surface area (Å²) in [6.45, 7) is 0. The summed E-state index contributed by atoms with van der Waals surface area (Å²) in [7, 11) is 0. The topological polar surface area (TPSA) is 122 Å². The van der Waals surface area contributed by atoms with Crippen molar-refractivity contribution in [1.29, 1.82) is 0 Å². The molecule has 0 fully saturated rings. The van der Waals surface area contributed by atoms with Crippen molar-refractivity contribution < 1.29 is 23.9 Å². The number of hydrogen-bond donors (Lipinski definition) is 3. The Labute approximate surface area is 233 Å². The molecule has 0 saturated carbocycles. The first kappa shape index (κ1) is 26.5. The maximum absolute atomic E-state index is 13.5. The molecule has 1 atom stereocenters. The fourth-order valence-corrected chi connectivity index (χ4v) is 5.00. The summed E-state index contributed by atoms with van der Waals surface area (Å²) in [6.07, 6.45) is 1.71. The summed E-state index contributed by atoms with van der Waals surface area (Å²) < 4.78 is 5.84. The Kier molecular flexibility index (Phi) is 8.03. The molecule has 0 aliphatic rings. The van der Waals surface area contributed by atoms with Crippen LogP contribution < -0.4 is 10.6 Å². The molecule has 1 unspecified atom stereocenters. The van der Waals surface area contributed by atoms with E-state index in [0.29, 0.717) is 22.8 Å². The predicted octanol–water partition coefficient (Wildman–Crippen LogP) is 6.55. The number of aliphatic carboxylic acids is 1. The molecule has 9 heteroatoms. The average molecular weight is 550 g/mol. The van der Waals surface area contributed by atoms with Gasteiger partial charge in [-0.05, 0) is 60.2 Å². The number of carboxylic acid groups (broad SMARTS) is 1. The lowest BCUT2D eigenvalue weighted by Crippen LogP contribution is -2.19. The first-order chi connectivity index (χ1) is 19.4. The van der Waals surface area contributed by atoms with Crippen LogP contribution >= 0.6 is 11.8 Å².